The zero-order valence-electron chi connectivity index (χ0n) is 15.4. The van der Waals surface area contributed by atoms with Crippen molar-refractivity contribution in [3.8, 4) is 5.75 Å². The van der Waals surface area contributed by atoms with E-state index in [1.165, 1.54) is 29.2 Å². The highest BCUT2D eigenvalue weighted by Crippen LogP contribution is 2.23. The summed E-state index contributed by atoms with van der Waals surface area (Å²) in [5.41, 5.74) is 0.222. The first-order chi connectivity index (χ1) is 11.9. The molecule has 8 heteroatoms. The van der Waals surface area contributed by atoms with Gasteiger partial charge in [-0.2, -0.15) is 0 Å². The SMILES string of the molecule is CN(Cc1ccc(OC(F)(F)F)cc1)C(=O)CCCNC(=O)C(C)(C)C. The smallest absolute Gasteiger partial charge is 0.406 e. The van der Waals surface area contributed by atoms with Gasteiger partial charge in [0.05, 0.1) is 0 Å². The number of nitrogens with zero attached hydrogens (tertiary/aromatic N) is 1. The van der Waals surface area contributed by atoms with Crippen LogP contribution in [0.4, 0.5) is 13.2 Å². The van der Waals surface area contributed by atoms with Gasteiger partial charge in [0, 0.05) is 32.0 Å². The van der Waals surface area contributed by atoms with E-state index in [0.717, 1.165) is 0 Å². The Morgan fingerprint density at radius 2 is 1.69 bits per heavy atom. The minimum absolute atomic E-state index is 0.0699. The van der Waals surface area contributed by atoms with Gasteiger partial charge in [-0.1, -0.05) is 32.9 Å². The van der Waals surface area contributed by atoms with Crippen molar-refractivity contribution < 1.29 is 27.5 Å². The highest BCUT2D eigenvalue weighted by Gasteiger charge is 2.31. The predicted molar refractivity (Wildman–Crippen MR) is 91.3 cm³/mol. The van der Waals surface area contributed by atoms with Gasteiger partial charge in [-0.15, -0.1) is 13.2 Å². The third-order valence-corrected chi connectivity index (χ3v) is 3.54. The van der Waals surface area contributed by atoms with Crippen LogP contribution in [-0.2, 0) is 16.1 Å². The van der Waals surface area contributed by atoms with Crippen molar-refractivity contribution in [3.63, 3.8) is 0 Å². The van der Waals surface area contributed by atoms with Gasteiger partial charge in [-0.3, -0.25) is 9.59 Å². The molecular weight excluding hydrogens is 349 g/mol. The van der Waals surface area contributed by atoms with Crippen LogP contribution < -0.4 is 10.1 Å². The molecule has 0 heterocycles. The monoisotopic (exact) mass is 374 g/mol. The molecule has 0 unspecified atom stereocenters. The Kier molecular flexibility index (Phi) is 7.47. The Morgan fingerprint density at radius 3 is 2.19 bits per heavy atom. The first-order valence-electron chi connectivity index (χ1n) is 8.25. The Balaban J connectivity index is 2.39. The fourth-order valence-corrected chi connectivity index (χ4v) is 2.06. The van der Waals surface area contributed by atoms with Crippen LogP contribution >= 0.6 is 0 Å². The van der Waals surface area contributed by atoms with Crippen molar-refractivity contribution in [2.24, 2.45) is 5.41 Å². The fraction of sp³-hybridized carbons (Fsp3) is 0.556. The molecule has 0 bridgehead atoms. The lowest BCUT2D eigenvalue weighted by atomic mass is 9.96. The number of rotatable bonds is 7. The highest BCUT2D eigenvalue weighted by atomic mass is 19.4. The Bertz CT molecular complexity index is 608. The molecule has 0 saturated carbocycles. The normalized spacial score (nSPS) is 11.8. The van der Waals surface area contributed by atoms with Crippen molar-refractivity contribution in [2.75, 3.05) is 13.6 Å². The number of halogens is 3. The molecule has 0 saturated heterocycles. The van der Waals surface area contributed by atoms with Gasteiger partial charge in [0.15, 0.2) is 0 Å². The van der Waals surface area contributed by atoms with E-state index in [1.54, 1.807) is 7.05 Å². The zero-order valence-corrected chi connectivity index (χ0v) is 15.4. The Hall–Kier alpha value is -2.25. The first kappa shape index (κ1) is 21.8. The average Bonchev–Trinajstić information content (AvgIpc) is 2.50. The molecule has 0 radical (unpaired) electrons. The summed E-state index contributed by atoms with van der Waals surface area (Å²) in [7, 11) is 1.62. The predicted octanol–water partition coefficient (Wildman–Crippen LogP) is 3.49. The minimum atomic E-state index is -4.73. The molecule has 1 aromatic carbocycles. The van der Waals surface area contributed by atoms with E-state index in [9.17, 15) is 22.8 Å². The average molecular weight is 374 g/mol. The number of carbonyl (C=O) groups is 2. The summed E-state index contributed by atoms with van der Waals surface area (Å²) in [4.78, 5) is 25.3. The standard InChI is InChI=1S/C18H25F3N2O3/c1-17(2,3)16(25)22-11-5-6-15(24)23(4)12-13-7-9-14(10-8-13)26-18(19,20)21/h7-10H,5-6,11-12H2,1-4H3,(H,22,25). The van der Waals surface area contributed by atoms with Gasteiger partial charge in [0.1, 0.15) is 5.75 Å². The van der Waals surface area contributed by atoms with E-state index in [1.807, 2.05) is 20.8 Å². The largest absolute Gasteiger partial charge is 0.573 e. The lowest BCUT2D eigenvalue weighted by molar-refractivity contribution is -0.274. The Morgan fingerprint density at radius 1 is 1.12 bits per heavy atom. The second-order valence-corrected chi connectivity index (χ2v) is 7.05. The quantitative estimate of drug-likeness (QED) is 0.744. The number of ether oxygens (including phenoxy) is 1. The van der Waals surface area contributed by atoms with Crippen LogP contribution in [0.1, 0.15) is 39.2 Å². The molecule has 0 spiro atoms. The second-order valence-electron chi connectivity index (χ2n) is 7.05. The summed E-state index contributed by atoms with van der Waals surface area (Å²) in [6, 6.07) is 5.38. The number of nitrogens with one attached hydrogen (secondary N) is 1. The van der Waals surface area contributed by atoms with Crippen LogP contribution in [0.5, 0.6) is 5.75 Å². The minimum Gasteiger partial charge on any atom is -0.406 e. The van der Waals surface area contributed by atoms with E-state index in [0.29, 0.717) is 18.5 Å². The maximum Gasteiger partial charge on any atom is 0.573 e. The number of amides is 2. The summed E-state index contributed by atoms with van der Waals surface area (Å²) >= 11 is 0. The van der Waals surface area contributed by atoms with Gasteiger partial charge < -0.3 is 15.0 Å². The number of hydrogen-bond acceptors (Lipinski definition) is 3. The van der Waals surface area contributed by atoms with Crippen LogP contribution in [0.25, 0.3) is 0 Å². The van der Waals surface area contributed by atoms with Crippen LogP contribution in [-0.4, -0.2) is 36.7 Å². The van der Waals surface area contributed by atoms with Gasteiger partial charge in [0.2, 0.25) is 11.8 Å². The lowest BCUT2D eigenvalue weighted by Gasteiger charge is -2.19. The summed E-state index contributed by atoms with van der Waals surface area (Å²) < 4.78 is 40.2. The summed E-state index contributed by atoms with van der Waals surface area (Å²) in [5, 5.41) is 2.78. The molecule has 0 aliphatic heterocycles. The van der Waals surface area contributed by atoms with E-state index < -0.39 is 11.8 Å². The lowest BCUT2D eigenvalue weighted by Crippen LogP contribution is -2.35. The van der Waals surface area contributed by atoms with Crippen molar-refractivity contribution >= 4 is 11.8 Å². The Labute approximate surface area is 151 Å². The molecular formula is C18H25F3N2O3. The highest BCUT2D eigenvalue weighted by molar-refractivity contribution is 5.81. The molecule has 1 rings (SSSR count). The van der Waals surface area contributed by atoms with Crippen LogP contribution in [0, 0.1) is 5.41 Å². The van der Waals surface area contributed by atoms with Crippen molar-refractivity contribution in [3.05, 3.63) is 29.8 Å². The molecule has 0 aromatic heterocycles. The molecule has 2 amide bonds. The van der Waals surface area contributed by atoms with Crippen molar-refractivity contribution in [2.45, 2.75) is 46.5 Å². The van der Waals surface area contributed by atoms with E-state index in [2.05, 4.69) is 10.1 Å². The molecule has 0 atom stereocenters. The van der Waals surface area contributed by atoms with Gasteiger partial charge >= 0.3 is 6.36 Å². The summed E-state index contributed by atoms with van der Waals surface area (Å²) in [6.07, 6.45) is -3.93. The van der Waals surface area contributed by atoms with Crippen LogP contribution in [0.2, 0.25) is 0 Å². The van der Waals surface area contributed by atoms with Crippen LogP contribution in [0.3, 0.4) is 0 Å². The zero-order chi connectivity index (χ0) is 20.0. The number of carbonyl (C=O) groups excluding carboxylic acids is 2. The number of benzene rings is 1. The van der Waals surface area contributed by atoms with Crippen molar-refractivity contribution in [1.29, 1.82) is 0 Å². The number of alkyl halides is 3. The summed E-state index contributed by atoms with van der Waals surface area (Å²) in [5.74, 6) is -0.477. The van der Waals surface area contributed by atoms with Gasteiger partial charge in [-0.25, -0.2) is 0 Å². The third kappa shape index (κ3) is 8.22. The van der Waals surface area contributed by atoms with Gasteiger partial charge in [-0.05, 0) is 24.1 Å². The molecule has 0 aliphatic carbocycles. The topological polar surface area (TPSA) is 58.6 Å². The van der Waals surface area contributed by atoms with E-state index in [-0.39, 0.29) is 30.5 Å². The van der Waals surface area contributed by atoms with E-state index >= 15 is 0 Å². The van der Waals surface area contributed by atoms with E-state index in [4.69, 9.17) is 0 Å². The maximum absolute atomic E-state index is 12.1. The molecule has 0 fully saturated rings. The molecule has 26 heavy (non-hydrogen) atoms. The molecule has 5 nitrogen and oxygen atoms in total. The second kappa shape index (κ2) is 8.91. The fourth-order valence-electron chi connectivity index (χ4n) is 2.06. The molecule has 0 aliphatic rings. The molecule has 146 valence electrons. The number of hydrogen-bond donors (Lipinski definition) is 1. The van der Waals surface area contributed by atoms with Crippen molar-refractivity contribution in [1.82, 2.24) is 10.2 Å². The third-order valence-electron chi connectivity index (χ3n) is 3.54. The summed E-state index contributed by atoms with van der Waals surface area (Å²) in [6.45, 7) is 6.13. The first-order valence-corrected chi connectivity index (χ1v) is 8.25. The maximum atomic E-state index is 12.1. The molecule has 1 aromatic rings. The van der Waals surface area contributed by atoms with Gasteiger partial charge in [0.25, 0.3) is 0 Å². The van der Waals surface area contributed by atoms with Crippen LogP contribution in [0.15, 0.2) is 24.3 Å². The molecule has 1 N–H and O–H groups in total.